The molecule has 0 spiro atoms. The second-order valence-corrected chi connectivity index (χ2v) is 12.8. The summed E-state index contributed by atoms with van der Waals surface area (Å²) in [5.41, 5.74) is 2.11. The van der Waals surface area contributed by atoms with Gasteiger partial charge in [0.05, 0.1) is 5.39 Å². The zero-order chi connectivity index (χ0) is 16.8. The van der Waals surface area contributed by atoms with Crippen molar-refractivity contribution in [1.82, 2.24) is 15.3 Å². The Bertz CT molecular complexity index is 759. The summed E-state index contributed by atoms with van der Waals surface area (Å²) in [6.45, 7) is 8.32. The summed E-state index contributed by atoms with van der Waals surface area (Å²) in [5.74, 6) is -0.477. The number of rotatable bonds is 2. The van der Waals surface area contributed by atoms with Gasteiger partial charge < -0.3 is 10.3 Å². The van der Waals surface area contributed by atoms with Gasteiger partial charge in [-0.3, -0.25) is 4.79 Å². The molecule has 2 N–H and O–H groups in total. The maximum atomic E-state index is 14.1. The zero-order valence-corrected chi connectivity index (χ0v) is 15.2. The van der Waals surface area contributed by atoms with Gasteiger partial charge in [-0.1, -0.05) is 25.2 Å². The van der Waals surface area contributed by atoms with Gasteiger partial charge >= 0.3 is 0 Å². The lowest BCUT2D eigenvalue weighted by Crippen LogP contribution is -2.42. The van der Waals surface area contributed by atoms with Gasteiger partial charge in [0.1, 0.15) is 17.2 Å². The van der Waals surface area contributed by atoms with Crippen LogP contribution in [0.3, 0.4) is 0 Å². The topological polar surface area (TPSA) is 57.8 Å². The highest BCUT2D eigenvalue weighted by Gasteiger charge is 2.30. The van der Waals surface area contributed by atoms with E-state index in [1.807, 2.05) is 0 Å². The quantitative estimate of drug-likeness (QED) is 0.818. The second-order valence-electron chi connectivity index (χ2n) is 7.51. The molecule has 0 atom stereocenters. The highest BCUT2D eigenvalue weighted by atomic mass is 28.3. The van der Waals surface area contributed by atoms with Gasteiger partial charge in [-0.25, -0.2) is 9.37 Å². The molecule has 1 saturated heterocycles. The van der Waals surface area contributed by atoms with E-state index in [0.29, 0.717) is 28.0 Å². The van der Waals surface area contributed by atoms with E-state index in [2.05, 4.69) is 28.4 Å². The van der Waals surface area contributed by atoms with Crippen molar-refractivity contribution in [3.63, 3.8) is 0 Å². The molecule has 6 heteroatoms. The number of carbonyl (C=O) groups is 1. The number of fused-ring (bicyclic) bond motifs is 1. The van der Waals surface area contributed by atoms with E-state index in [9.17, 15) is 9.18 Å². The predicted molar refractivity (Wildman–Crippen MR) is 93.1 cm³/mol. The molecule has 1 fully saturated rings. The molecular formula is C17H24FN3OSi. The molecule has 0 radical (unpaired) electrons. The van der Waals surface area contributed by atoms with Crippen LogP contribution in [-0.4, -0.2) is 30.0 Å². The molecule has 2 aromatic heterocycles. The fourth-order valence-electron chi connectivity index (χ4n) is 3.45. The van der Waals surface area contributed by atoms with Gasteiger partial charge in [0, 0.05) is 19.8 Å². The monoisotopic (exact) mass is 333 g/mol. The Labute approximate surface area is 136 Å². The first-order valence-electron chi connectivity index (χ1n) is 8.23. The Kier molecular flexibility index (Phi) is 4.04. The number of H-pyrrole nitrogens is 1. The van der Waals surface area contributed by atoms with Gasteiger partial charge in [-0.2, -0.15) is 0 Å². The first-order chi connectivity index (χ1) is 10.8. The first-order valence-corrected chi connectivity index (χ1v) is 11.6. The molecule has 3 heterocycles. The van der Waals surface area contributed by atoms with Crippen molar-refractivity contribution in [3.05, 3.63) is 28.8 Å². The van der Waals surface area contributed by atoms with Crippen molar-refractivity contribution < 1.29 is 9.18 Å². The first kappa shape index (κ1) is 16.2. The number of amides is 1. The molecule has 1 amide bonds. The Morgan fingerprint density at radius 1 is 1.35 bits per heavy atom. The molecule has 0 saturated carbocycles. The summed E-state index contributed by atoms with van der Waals surface area (Å²) < 4.78 is 14.1. The van der Waals surface area contributed by atoms with Crippen molar-refractivity contribution in [3.8, 4) is 0 Å². The van der Waals surface area contributed by atoms with E-state index >= 15 is 0 Å². The maximum Gasteiger partial charge on any atom is 0.268 e. The summed E-state index contributed by atoms with van der Waals surface area (Å²) in [7, 11) is -1.03. The van der Waals surface area contributed by atoms with E-state index in [-0.39, 0.29) is 17.8 Å². The molecule has 124 valence electrons. The fraction of sp³-hybridized carbons (Fsp3) is 0.529. The number of carbonyl (C=O) groups excluding carboxylic acids is 1. The van der Waals surface area contributed by atoms with Crippen LogP contribution in [0.5, 0.6) is 0 Å². The third kappa shape index (κ3) is 3.17. The molecular weight excluding hydrogens is 309 g/mol. The number of pyridine rings is 1. The lowest BCUT2D eigenvalue weighted by molar-refractivity contribution is 0.0929. The normalized spacial score (nSPS) is 18.3. The highest BCUT2D eigenvalue weighted by molar-refractivity contribution is 6.77. The number of hydrogen-bond acceptors (Lipinski definition) is 2. The van der Waals surface area contributed by atoms with Gasteiger partial charge in [0.25, 0.3) is 5.91 Å². The van der Waals surface area contributed by atoms with Crippen LogP contribution in [0.1, 0.15) is 34.6 Å². The van der Waals surface area contributed by atoms with Crippen LogP contribution in [0.15, 0.2) is 6.07 Å². The molecule has 0 aliphatic carbocycles. The summed E-state index contributed by atoms with van der Waals surface area (Å²) in [5, 5.41) is 3.53. The Morgan fingerprint density at radius 2 is 2.00 bits per heavy atom. The van der Waals surface area contributed by atoms with Crippen molar-refractivity contribution in [2.24, 2.45) is 0 Å². The van der Waals surface area contributed by atoms with Crippen LogP contribution in [0.2, 0.25) is 25.2 Å². The Hall–Kier alpha value is -1.69. The van der Waals surface area contributed by atoms with Crippen LogP contribution in [0.25, 0.3) is 11.0 Å². The van der Waals surface area contributed by atoms with E-state index in [0.717, 1.165) is 12.8 Å². The minimum absolute atomic E-state index is 0.149. The highest BCUT2D eigenvalue weighted by Crippen LogP contribution is 2.29. The summed E-state index contributed by atoms with van der Waals surface area (Å²) in [6.07, 6.45) is 2.10. The standard InChI is InChI=1S/C17H24FN3OSi/c1-10-9-13(18)14-11(2)15(21-16(14)19-10)17(22)20-12-5-7-23(3,4)8-6-12/h9,12H,5-8H2,1-4H3,(H,19,21)(H,20,22). The van der Waals surface area contributed by atoms with Crippen molar-refractivity contribution in [1.29, 1.82) is 0 Å². The van der Waals surface area contributed by atoms with Crippen LogP contribution in [0.4, 0.5) is 4.39 Å². The third-order valence-corrected chi connectivity index (χ3v) is 8.28. The molecule has 1 aliphatic rings. The molecule has 1 aliphatic heterocycles. The van der Waals surface area contributed by atoms with Crippen molar-refractivity contribution >= 4 is 25.0 Å². The van der Waals surface area contributed by atoms with Crippen LogP contribution >= 0.6 is 0 Å². The number of nitrogens with zero attached hydrogens (tertiary/aromatic N) is 1. The van der Waals surface area contributed by atoms with Gasteiger partial charge in [0.15, 0.2) is 0 Å². The van der Waals surface area contributed by atoms with Crippen molar-refractivity contribution in [2.75, 3.05) is 0 Å². The molecule has 0 bridgehead atoms. The molecule has 4 nitrogen and oxygen atoms in total. The van der Waals surface area contributed by atoms with E-state index in [1.54, 1.807) is 13.8 Å². The molecule has 0 unspecified atom stereocenters. The summed E-state index contributed by atoms with van der Waals surface area (Å²) in [6, 6.07) is 4.13. The lowest BCUT2D eigenvalue weighted by atomic mass is 10.1. The fourth-order valence-corrected chi connectivity index (χ4v) is 5.96. The number of aryl methyl sites for hydroxylation is 2. The third-order valence-electron chi connectivity index (χ3n) is 4.99. The minimum Gasteiger partial charge on any atom is -0.348 e. The average Bonchev–Trinajstić information content (AvgIpc) is 2.78. The van der Waals surface area contributed by atoms with E-state index in [1.165, 1.54) is 18.2 Å². The minimum atomic E-state index is -1.03. The Balaban J connectivity index is 1.82. The smallest absolute Gasteiger partial charge is 0.268 e. The summed E-state index contributed by atoms with van der Waals surface area (Å²) in [4.78, 5) is 19.9. The van der Waals surface area contributed by atoms with E-state index in [4.69, 9.17) is 0 Å². The van der Waals surface area contributed by atoms with Gasteiger partial charge in [-0.05, 0) is 38.3 Å². The summed E-state index contributed by atoms with van der Waals surface area (Å²) >= 11 is 0. The molecule has 2 aromatic rings. The maximum absolute atomic E-state index is 14.1. The largest absolute Gasteiger partial charge is 0.348 e. The Morgan fingerprint density at radius 3 is 2.65 bits per heavy atom. The van der Waals surface area contributed by atoms with Crippen molar-refractivity contribution in [2.45, 2.75) is 57.9 Å². The predicted octanol–water partition coefficient (Wildman–Crippen LogP) is 3.92. The lowest BCUT2D eigenvalue weighted by Gasteiger charge is -2.33. The SMILES string of the molecule is Cc1cc(F)c2c(C)c(C(=O)NC3CC[Si](C)(C)CC3)[nH]c2n1. The zero-order valence-electron chi connectivity index (χ0n) is 14.2. The van der Waals surface area contributed by atoms with E-state index < -0.39 is 8.07 Å². The second kappa shape index (κ2) is 5.74. The molecule has 23 heavy (non-hydrogen) atoms. The van der Waals surface area contributed by atoms with Crippen LogP contribution in [-0.2, 0) is 0 Å². The number of aromatic nitrogens is 2. The van der Waals surface area contributed by atoms with Crippen LogP contribution < -0.4 is 5.32 Å². The van der Waals surface area contributed by atoms with Gasteiger partial charge in [-0.15, -0.1) is 0 Å². The number of halogens is 1. The molecule has 3 rings (SSSR count). The number of aromatic amines is 1. The number of nitrogens with one attached hydrogen (secondary N) is 2. The average molecular weight is 333 g/mol. The van der Waals surface area contributed by atoms with Gasteiger partial charge in [0.2, 0.25) is 0 Å². The van der Waals surface area contributed by atoms with Crippen LogP contribution in [0, 0.1) is 19.7 Å². The molecule has 0 aromatic carbocycles. The number of hydrogen-bond donors (Lipinski definition) is 2.